The van der Waals surface area contributed by atoms with Crippen molar-refractivity contribution in [2.24, 2.45) is 0 Å². The van der Waals surface area contributed by atoms with Crippen LogP contribution in [0.2, 0.25) is 0 Å². The molecule has 2 nitrogen and oxygen atoms in total. The average Bonchev–Trinajstić information content (AvgIpc) is 1.27. The molecule has 0 spiro atoms. The maximum absolute atomic E-state index is 8.27. The lowest BCUT2D eigenvalue weighted by atomic mass is 11.1. The molecule has 0 rings (SSSR count). The Labute approximate surface area is 46.2 Å². The Kier molecular flexibility index (Phi) is 2.37. The van der Waals surface area contributed by atoms with E-state index in [2.05, 4.69) is 13.2 Å². The van der Waals surface area contributed by atoms with E-state index in [1.165, 1.54) is 0 Å². The van der Waals surface area contributed by atoms with Crippen molar-refractivity contribution in [3.63, 3.8) is 0 Å². The van der Waals surface area contributed by atoms with Gasteiger partial charge in [-0.05, 0) is 24.9 Å². The molecule has 2 N–H and O–H groups in total. The van der Waals surface area contributed by atoms with Crippen molar-refractivity contribution in [3.05, 3.63) is 23.3 Å². The molecule has 0 radical (unpaired) electrons. The van der Waals surface area contributed by atoms with Crippen LogP contribution >= 0.6 is 11.8 Å². The largest absolute Gasteiger partial charge is 0.502 e. The van der Waals surface area contributed by atoms with Crippen molar-refractivity contribution in [2.75, 3.05) is 0 Å². The molecule has 0 bridgehead atoms. The predicted octanol–water partition coefficient (Wildman–Crippen LogP) is 1.78. The molecular weight excluding hydrogens is 112 g/mol. The van der Waals surface area contributed by atoms with Gasteiger partial charge in [0.2, 0.25) is 0 Å². The van der Waals surface area contributed by atoms with E-state index < -0.39 is 0 Å². The van der Waals surface area contributed by atoms with E-state index in [-0.39, 0.29) is 10.2 Å². The molecular formula is C4H6O2S. The lowest BCUT2D eigenvalue weighted by molar-refractivity contribution is 0.444. The maximum Gasteiger partial charge on any atom is 0.150 e. The first-order valence-electron chi connectivity index (χ1n) is 1.56. The van der Waals surface area contributed by atoms with E-state index in [1.807, 2.05) is 0 Å². The van der Waals surface area contributed by atoms with E-state index in [0.29, 0.717) is 0 Å². The topological polar surface area (TPSA) is 40.5 Å². The van der Waals surface area contributed by atoms with Crippen LogP contribution in [0.25, 0.3) is 0 Å². The fraction of sp³-hybridized carbons (Fsp3) is 0. The molecule has 0 fully saturated rings. The van der Waals surface area contributed by atoms with Crippen molar-refractivity contribution in [1.82, 2.24) is 0 Å². The predicted molar refractivity (Wildman–Crippen MR) is 31.1 cm³/mol. The van der Waals surface area contributed by atoms with Gasteiger partial charge in [0.1, 0.15) is 10.2 Å². The highest BCUT2D eigenvalue weighted by atomic mass is 32.2. The van der Waals surface area contributed by atoms with Crippen molar-refractivity contribution in [1.29, 1.82) is 0 Å². The van der Waals surface area contributed by atoms with Crippen LogP contribution in [-0.2, 0) is 0 Å². The Hall–Kier alpha value is -0.570. The fourth-order valence-corrected chi connectivity index (χ4v) is 0.408. The first-order chi connectivity index (χ1) is 3.13. The summed E-state index contributed by atoms with van der Waals surface area (Å²) in [5.74, 6) is 0. The van der Waals surface area contributed by atoms with E-state index in [0.717, 1.165) is 11.8 Å². The molecule has 7 heavy (non-hydrogen) atoms. The highest BCUT2D eigenvalue weighted by molar-refractivity contribution is 8.06. The lowest BCUT2D eigenvalue weighted by Gasteiger charge is -1.90. The van der Waals surface area contributed by atoms with Crippen molar-refractivity contribution >= 4 is 11.8 Å². The van der Waals surface area contributed by atoms with Gasteiger partial charge >= 0.3 is 0 Å². The standard InChI is InChI=1S/C4H6O2S/c1-3(5)7-4(2)6/h5-6H,1-2H2. The molecule has 0 heterocycles. The number of rotatable bonds is 2. The molecule has 0 saturated carbocycles. The minimum Gasteiger partial charge on any atom is -0.502 e. The second kappa shape index (κ2) is 2.58. The Morgan fingerprint density at radius 3 is 1.43 bits per heavy atom. The van der Waals surface area contributed by atoms with Crippen LogP contribution < -0.4 is 0 Å². The number of aliphatic hydroxyl groups is 2. The molecule has 3 heteroatoms. The summed E-state index contributed by atoms with van der Waals surface area (Å²) in [5, 5.41) is 16.2. The molecule has 0 aromatic rings. The van der Waals surface area contributed by atoms with Gasteiger partial charge in [0, 0.05) is 0 Å². The monoisotopic (exact) mass is 118 g/mol. The van der Waals surface area contributed by atoms with Crippen molar-refractivity contribution in [2.45, 2.75) is 0 Å². The van der Waals surface area contributed by atoms with Crippen LogP contribution in [0.15, 0.2) is 23.3 Å². The van der Waals surface area contributed by atoms with E-state index in [1.54, 1.807) is 0 Å². The van der Waals surface area contributed by atoms with Gasteiger partial charge in [-0.3, -0.25) is 0 Å². The zero-order valence-corrected chi connectivity index (χ0v) is 4.53. The van der Waals surface area contributed by atoms with Gasteiger partial charge in [0.15, 0.2) is 0 Å². The van der Waals surface area contributed by atoms with Crippen LogP contribution in [0, 0.1) is 0 Å². The smallest absolute Gasteiger partial charge is 0.150 e. The number of hydrogen-bond acceptors (Lipinski definition) is 3. The second-order valence-electron chi connectivity index (χ2n) is 0.890. The number of aliphatic hydroxyl groups excluding tert-OH is 2. The molecule has 0 aliphatic rings. The normalized spacial score (nSPS) is 8.00. The molecule has 0 saturated heterocycles. The Balaban J connectivity index is 3.32. The first kappa shape index (κ1) is 6.43. The zero-order chi connectivity index (χ0) is 5.86. The summed E-state index contributed by atoms with van der Waals surface area (Å²) in [5.41, 5.74) is 0. The molecule has 40 valence electrons. The fourth-order valence-electron chi connectivity index (χ4n) is 0.136. The van der Waals surface area contributed by atoms with Gasteiger partial charge in [-0.15, -0.1) is 0 Å². The van der Waals surface area contributed by atoms with Gasteiger partial charge in [0.25, 0.3) is 0 Å². The summed E-state index contributed by atoms with van der Waals surface area (Å²) < 4.78 is 0. The summed E-state index contributed by atoms with van der Waals surface area (Å²) in [6, 6.07) is 0. The second-order valence-corrected chi connectivity index (χ2v) is 2.04. The average molecular weight is 118 g/mol. The Bertz CT molecular complexity index is 85.9. The van der Waals surface area contributed by atoms with Crippen LogP contribution in [0.4, 0.5) is 0 Å². The van der Waals surface area contributed by atoms with E-state index in [4.69, 9.17) is 10.2 Å². The number of thioether (sulfide) groups is 1. The van der Waals surface area contributed by atoms with Gasteiger partial charge in [-0.25, -0.2) is 0 Å². The molecule has 0 unspecified atom stereocenters. The summed E-state index contributed by atoms with van der Waals surface area (Å²) >= 11 is 0.731. The zero-order valence-electron chi connectivity index (χ0n) is 3.72. The van der Waals surface area contributed by atoms with E-state index in [9.17, 15) is 0 Å². The maximum atomic E-state index is 8.27. The van der Waals surface area contributed by atoms with Crippen molar-refractivity contribution < 1.29 is 10.2 Å². The molecule has 0 aliphatic heterocycles. The SMILES string of the molecule is C=C(O)SC(=C)O. The molecule has 0 aromatic carbocycles. The minimum absolute atomic E-state index is 0.146. The third-order valence-electron chi connectivity index (χ3n) is 0.236. The summed E-state index contributed by atoms with van der Waals surface area (Å²) in [4.78, 5) is 0. The van der Waals surface area contributed by atoms with Crippen LogP contribution in [0.5, 0.6) is 0 Å². The van der Waals surface area contributed by atoms with Crippen LogP contribution in [0.3, 0.4) is 0 Å². The molecule has 0 atom stereocenters. The van der Waals surface area contributed by atoms with Crippen LogP contribution in [0.1, 0.15) is 0 Å². The third kappa shape index (κ3) is 5.43. The highest BCUT2D eigenvalue weighted by Gasteiger charge is 1.88. The molecule has 0 aromatic heterocycles. The van der Waals surface area contributed by atoms with Gasteiger partial charge < -0.3 is 10.2 Å². The highest BCUT2D eigenvalue weighted by Crippen LogP contribution is 2.15. The van der Waals surface area contributed by atoms with Crippen LogP contribution in [-0.4, -0.2) is 10.2 Å². The lowest BCUT2D eigenvalue weighted by Crippen LogP contribution is -1.69. The van der Waals surface area contributed by atoms with Crippen molar-refractivity contribution in [3.8, 4) is 0 Å². The molecule has 0 amide bonds. The Morgan fingerprint density at radius 1 is 1.14 bits per heavy atom. The third-order valence-corrected chi connectivity index (χ3v) is 0.707. The van der Waals surface area contributed by atoms with Gasteiger partial charge in [0.05, 0.1) is 0 Å². The van der Waals surface area contributed by atoms with E-state index >= 15 is 0 Å². The molecule has 0 aliphatic carbocycles. The van der Waals surface area contributed by atoms with Gasteiger partial charge in [-0.1, -0.05) is 0 Å². The first-order valence-corrected chi connectivity index (χ1v) is 2.38. The summed E-state index contributed by atoms with van der Waals surface area (Å²) in [7, 11) is 0. The summed E-state index contributed by atoms with van der Waals surface area (Å²) in [6.45, 7) is 6.19. The summed E-state index contributed by atoms with van der Waals surface area (Å²) in [6.07, 6.45) is 0. The number of hydrogen-bond donors (Lipinski definition) is 2. The Morgan fingerprint density at radius 2 is 1.43 bits per heavy atom. The minimum atomic E-state index is -0.146. The quantitative estimate of drug-likeness (QED) is 0.543. The van der Waals surface area contributed by atoms with Gasteiger partial charge in [-0.2, -0.15) is 0 Å².